The van der Waals surface area contributed by atoms with Crippen molar-refractivity contribution in [3.8, 4) is 0 Å². The number of carbonyl (C=O) groups excluding carboxylic acids is 1. The molecule has 2 aromatic carbocycles. The Morgan fingerprint density at radius 1 is 1.05 bits per heavy atom. The topological polar surface area (TPSA) is 63.2 Å². The van der Waals surface area contributed by atoms with E-state index in [4.69, 9.17) is 0 Å². The lowest BCUT2D eigenvalue weighted by molar-refractivity contribution is -0.113. The van der Waals surface area contributed by atoms with Crippen LogP contribution in [0.1, 0.15) is 6.92 Å². The van der Waals surface area contributed by atoms with Gasteiger partial charge in [-0.3, -0.25) is 4.79 Å². The molecule has 0 saturated carbocycles. The largest absolute Gasteiger partial charge is 0.325 e. The van der Waals surface area contributed by atoms with Crippen molar-refractivity contribution in [3.05, 3.63) is 54.6 Å². The molecule has 0 atom stereocenters. The van der Waals surface area contributed by atoms with Gasteiger partial charge in [-0.2, -0.15) is 0 Å². The summed E-state index contributed by atoms with van der Waals surface area (Å²) in [4.78, 5) is 13.2. The van der Waals surface area contributed by atoms with Gasteiger partial charge in [-0.1, -0.05) is 25.1 Å². The fraction of sp³-hybridized carbons (Fsp3) is 0.188. The van der Waals surface area contributed by atoms with Crippen molar-refractivity contribution in [1.29, 1.82) is 0 Å². The number of nitrogens with one attached hydrogen (secondary N) is 1. The Kier molecular flexibility index (Phi) is 5.63. The summed E-state index contributed by atoms with van der Waals surface area (Å²) < 4.78 is 23.4. The number of carbonyl (C=O) groups is 1. The monoisotopic (exact) mass is 335 g/mol. The first-order valence-electron chi connectivity index (χ1n) is 6.82. The first-order chi connectivity index (χ1) is 10.5. The molecule has 0 aliphatic carbocycles. The van der Waals surface area contributed by atoms with Crippen LogP contribution in [0.5, 0.6) is 0 Å². The van der Waals surface area contributed by atoms with Crippen LogP contribution >= 0.6 is 11.8 Å². The van der Waals surface area contributed by atoms with Crippen LogP contribution in [0.15, 0.2) is 64.4 Å². The molecule has 2 aromatic rings. The molecule has 0 unspecified atom stereocenters. The number of anilines is 1. The second-order valence-corrected chi connectivity index (χ2v) is 7.90. The Hall–Kier alpha value is -1.79. The van der Waals surface area contributed by atoms with Crippen molar-refractivity contribution >= 4 is 33.2 Å². The predicted octanol–water partition coefficient (Wildman–Crippen LogP) is 3.21. The second-order valence-electron chi connectivity index (χ2n) is 4.58. The third-order valence-electron chi connectivity index (χ3n) is 2.99. The van der Waals surface area contributed by atoms with Crippen LogP contribution < -0.4 is 5.32 Å². The van der Waals surface area contributed by atoms with E-state index in [-0.39, 0.29) is 16.6 Å². The van der Waals surface area contributed by atoms with Gasteiger partial charge >= 0.3 is 0 Å². The van der Waals surface area contributed by atoms with Gasteiger partial charge in [-0.25, -0.2) is 8.42 Å². The van der Waals surface area contributed by atoms with Crippen LogP contribution in [0.2, 0.25) is 0 Å². The molecule has 0 saturated heterocycles. The fourth-order valence-corrected chi connectivity index (χ4v) is 3.38. The summed E-state index contributed by atoms with van der Waals surface area (Å²) in [5.41, 5.74) is 0.591. The van der Waals surface area contributed by atoms with Crippen molar-refractivity contribution in [2.75, 3.05) is 16.8 Å². The van der Waals surface area contributed by atoms with Gasteiger partial charge in [-0.15, -0.1) is 11.8 Å². The highest BCUT2D eigenvalue weighted by atomic mass is 32.2. The van der Waals surface area contributed by atoms with Crippen LogP contribution in [-0.2, 0) is 14.6 Å². The Labute approximate surface area is 134 Å². The van der Waals surface area contributed by atoms with Crippen molar-refractivity contribution in [3.63, 3.8) is 0 Å². The van der Waals surface area contributed by atoms with E-state index in [1.165, 1.54) is 23.9 Å². The summed E-state index contributed by atoms with van der Waals surface area (Å²) in [6, 6.07) is 15.9. The molecule has 116 valence electrons. The van der Waals surface area contributed by atoms with Gasteiger partial charge in [0.15, 0.2) is 9.84 Å². The third kappa shape index (κ3) is 4.61. The molecule has 0 aliphatic heterocycles. The summed E-state index contributed by atoms with van der Waals surface area (Å²) in [7, 11) is -3.21. The SMILES string of the molecule is CCS(=O)(=O)c1ccc(NC(=O)CSc2ccccc2)cc1. The molecule has 4 nitrogen and oxygen atoms in total. The maximum atomic E-state index is 11.9. The molecule has 1 amide bonds. The summed E-state index contributed by atoms with van der Waals surface area (Å²) >= 11 is 1.45. The lowest BCUT2D eigenvalue weighted by atomic mass is 10.3. The van der Waals surface area contributed by atoms with Crippen molar-refractivity contribution in [2.24, 2.45) is 0 Å². The molecule has 0 fully saturated rings. The second kappa shape index (κ2) is 7.47. The number of thioether (sulfide) groups is 1. The molecule has 0 aromatic heterocycles. The van der Waals surface area contributed by atoms with Crippen LogP contribution in [0, 0.1) is 0 Å². The Bertz CT molecular complexity index is 726. The lowest BCUT2D eigenvalue weighted by Crippen LogP contribution is -2.14. The van der Waals surface area contributed by atoms with Crippen molar-refractivity contribution in [2.45, 2.75) is 16.7 Å². The van der Waals surface area contributed by atoms with E-state index in [2.05, 4.69) is 5.32 Å². The maximum Gasteiger partial charge on any atom is 0.234 e. The van der Waals surface area contributed by atoms with Gasteiger partial charge in [0.05, 0.1) is 16.4 Å². The smallest absolute Gasteiger partial charge is 0.234 e. The van der Waals surface area contributed by atoms with E-state index >= 15 is 0 Å². The molecule has 6 heteroatoms. The maximum absolute atomic E-state index is 11.9. The quantitative estimate of drug-likeness (QED) is 0.823. The molecule has 0 bridgehead atoms. The molecule has 2 rings (SSSR count). The normalized spacial score (nSPS) is 11.1. The third-order valence-corrected chi connectivity index (χ3v) is 5.75. The van der Waals surface area contributed by atoms with Crippen LogP contribution in [0.4, 0.5) is 5.69 Å². The van der Waals surface area contributed by atoms with Crippen molar-refractivity contribution in [1.82, 2.24) is 0 Å². The van der Waals surface area contributed by atoms with E-state index in [0.29, 0.717) is 11.4 Å². The van der Waals surface area contributed by atoms with Gasteiger partial charge in [0, 0.05) is 10.6 Å². The van der Waals surface area contributed by atoms with Gasteiger partial charge in [-0.05, 0) is 36.4 Å². The first kappa shape index (κ1) is 16.6. The standard InChI is InChI=1S/C16H17NO3S2/c1-2-22(19,20)15-10-8-13(9-11-15)17-16(18)12-21-14-6-4-3-5-7-14/h3-11H,2,12H2,1H3,(H,17,18). The zero-order valence-corrected chi connectivity index (χ0v) is 13.8. The average molecular weight is 335 g/mol. The highest BCUT2D eigenvalue weighted by Gasteiger charge is 2.11. The molecular formula is C16H17NO3S2. The van der Waals surface area contributed by atoms with Gasteiger partial charge in [0.2, 0.25) is 5.91 Å². The molecule has 0 heterocycles. The minimum Gasteiger partial charge on any atom is -0.325 e. The predicted molar refractivity (Wildman–Crippen MR) is 90.0 cm³/mol. The molecule has 0 spiro atoms. The first-order valence-corrected chi connectivity index (χ1v) is 9.45. The number of amides is 1. The highest BCUT2D eigenvalue weighted by molar-refractivity contribution is 8.00. The summed E-state index contributed by atoms with van der Waals surface area (Å²) in [5, 5.41) is 2.75. The van der Waals surface area contributed by atoms with Gasteiger partial charge < -0.3 is 5.32 Å². The molecule has 0 radical (unpaired) electrons. The Morgan fingerprint density at radius 3 is 2.27 bits per heavy atom. The van der Waals surface area contributed by atoms with E-state index in [9.17, 15) is 13.2 Å². The number of hydrogen-bond acceptors (Lipinski definition) is 4. The number of benzene rings is 2. The van der Waals surface area contributed by atoms with Gasteiger partial charge in [0.1, 0.15) is 0 Å². The molecule has 22 heavy (non-hydrogen) atoms. The van der Waals surface area contributed by atoms with E-state index in [1.54, 1.807) is 19.1 Å². The Balaban J connectivity index is 1.92. The summed E-state index contributed by atoms with van der Waals surface area (Å²) in [6.07, 6.45) is 0. The van der Waals surface area contributed by atoms with Crippen LogP contribution in [0.3, 0.4) is 0 Å². The lowest BCUT2D eigenvalue weighted by Gasteiger charge is -2.06. The fourth-order valence-electron chi connectivity index (χ4n) is 1.77. The average Bonchev–Trinajstić information content (AvgIpc) is 2.54. The number of hydrogen-bond donors (Lipinski definition) is 1. The summed E-state index contributed by atoms with van der Waals surface area (Å²) in [5.74, 6) is 0.241. The summed E-state index contributed by atoms with van der Waals surface area (Å²) in [6.45, 7) is 1.60. The van der Waals surface area contributed by atoms with E-state index in [1.807, 2.05) is 30.3 Å². The Morgan fingerprint density at radius 2 is 1.68 bits per heavy atom. The number of sulfone groups is 1. The van der Waals surface area contributed by atoms with E-state index in [0.717, 1.165) is 4.90 Å². The van der Waals surface area contributed by atoms with Crippen molar-refractivity contribution < 1.29 is 13.2 Å². The highest BCUT2D eigenvalue weighted by Crippen LogP contribution is 2.18. The van der Waals surface area contributed by atoms with E-state index < -0.39 is 9.84 Å². The molecule has 1 N–H and O–H groups in total. The van der Waals surface area contributed by atoms with Gasteiger partial charge in [0.25, 0.3) is 0 Å². The number of rotatable bonds is 6. The van der Waals surface area contributed by atoms with Crippen LogP contribution in [0.25, 0.3) is 0 Å². The zero-order chi connectivity index (χ0) is 16.0. The molecule has 0 aliphatic rings. The minimum absolute atomic E-state index is 0.0619. The van der Waals surface area contributed by atoms with Crippen LogP contribution in [-0.4, -0.2) is 25.8 Å². The molecular weight excluding hydrogens is 318 g/mol. The minimum atomic E-state index is -3.21. The zero-order valence-electron chi connectivity index (χ0n) is 12.2.